The maximum absolute atomic E-state index is 13.8. The van der Waals surface area contributed by atoms with Crippen LogP contribution in [-0.2, 0) is 0 Å². The number of rotatable bonds is 2. The molecule has 0 bridgehead atoms. The fraction of sp³-hybridized carbons (Fsp3) is 0.133. The van der Waals surface area contributed by atoms with Gasteiger partial charge in [0, 0.05) is 7.05 Å². The van der Waals surface area contributed by atoms with Crippen molar-refractivity contribution in [2.24, 2.45) is 0 Å². The van der Waals surface area contributed by atoms with Gasteiger partial charge in [0.25, 0.3) is 0 Å². The van der Waals surface area contributed by atoms with Crippen LogP contribution in [0.3, 0.4) is 0 Å². The third-order valence-electron chi connectivity index (χ3n) is 3.07. The number of aryl methyl sites for hydroxylation is 1. The van der Waals surface area contributed by atoms with Crippen LogP contribution in [0.1, 0.15) is 5.01 Å². The van der Waals surface area contributed by atoms with Gasteiger partial charge in [0.2, 0.25) is 0 Å². The van der Waals surface area contributed by atoms with E-state index in [1.807, 2.05) is 31.2 Å². The number of benzene rings is 2. The van der Waals surface area contributed by atoms with Gasteiger partial charge in [0.05, 0.1) is 20.9 Å². The number of hydrogen-bond acceptors (Lipinski definition) is 3. The number of thiazole rings is 1. The van der Waals surface area contributed by atoms with Crippen molar-refractivity contribution < 1.29 is 4.39 Å². The molecule has 0 unspecified atom stereocenters. The van der Waals surface area contributed by atoms with Gasteiger partial charge in [-0.2, -0.15) is 0 Å². The average molecular weight is 272 g/mol. The highest BCUT2D eigenvalue weighted by molar-refractivity contribution is 7.18. The summed E-state index contributed by atoms with van der Waals surface area (Å²) in [6.07, 6.45) is 0. The third-order valence-corrected chi connectivity index (χ3v) is 4.02. The van der Waals surface area contributed by atoms with Crippen molar-refractivity contribution in [2.75, 3.05) is 12.4 Å². The van der Waals surface area contributed by atoms with E-state index in [1.54, 1.807) is 30.5 Å². The van der Waals surface area contributed by atoms with Crippen LogP contribution in [0.2, 0.25) is 0 Å². The number of halogens is 1. The molecule has 2 aromatic carbocycles. The maximum atomic E-state index is 13.8. The Bertz CT molecular complexity index is 749. The Morgan fingerprint density at radius 1 is 1.11 bits per heavy atom. The molecule has 0 spiro atoms. The van der Waals surface area contributed by atoms with Crippen molar-refractivity contribution in [3.8, 4) is 11.1 Å². The molecule has 0 aliphatic rings. The first-order valence-electron chi connectivity index (χ1n) is 6.02. The fourth-order valence-electron chi connectivity index (χ4n) is 2.12. The van der Waals surface area contributed by atoms with E-state index in [2.05, 4.69) is 10.3 Å². The summed E-state index contributed by atoms with van der Waals surface area (Å²) in [6.45, 7) is 1.99. The smallest absolute Gasteiger partial charge is 0.146 e. The first-order valence-corrected chi connectivity index (χ1v) is 6.84. The third kappa shape index (κ3) is 2.19. The molecule has 1 heterocycles. The second-order valence-electron chi connectivity index (χ2n) is 4.36. The fourth-order valence-corrected chi connectivity index (χ4v) is 2.93. The molecule has 0 amide bonds. The molecule has 3 aromatic rings. The summed E-state index contributed by atoms with van der Waals surface area (Å²) in [6, 6.07) is 11.3. The molecule has 0 saturated heterocycles. The van der Waals surface area contributed by atoms with E-state index in [0.717, 1.165) is 26.4 Å². The summed E-state index contributed by atoms with van der Waals surface area (Å²) >= 11 is 1.67. The van der Waals surface area contributed by atoms with Crippen LogP contribution in [0.4, 0.5) is 10.1 Å². The van der Waals surface area contributed by atoms with Gasteiger partial charge in [-0.05, 0) is 42.3 Å². The van der Waals surface area contributed by atoms with Gasteiger partial charge >= 0.3 is 0 Å². The number of nitrogens with one attached hydrogen (secondary N) is 1. The molecular formula is C15H13FN2S. The Hall–Kier alpha value is -1.94. The molecule has 0 atom stereocenters. The summed E-state index contributed by atoms with van der Waals surface area (Å²) in [5, 5.41) is 3.87. The number of hydrogen-bond donors (Lipinski definition) is 1. The van der Waals surface area contributed by atoms with Crippen LogP contribution < -0.4 is 5.32 Å². The van der Waals surface area contributed by atoms with Crippen molar-refractivity contribution in [1.29, 1.82) is 0 Å². The van der Waals surface area contributed by atoms with Crippen LogP contribution in [0, 0.1) is 12.7 Å². The van der Waals surface area contributed by atoms with E-state index in [4.69, 9.17) is 0 Å². The Morgan fingerprint density at radius 3 is 2.58 bits per heavy atom. The molecule has 0 aliphatic heterocycles. The Balaban J connectivity index is 2.10. The molecule has 0 saturated carbocycles. The van der Waals surface area contributed by atoms with E-state index >= 15 is 0 Å². The van der Waals surface area contributed by atoms with Crippen molar-refractivity contribution in [1.82, 2.24) is 4.98 Å². The first-order chi connectivity index (χ1) is 9.17. The van der Waals surface area contributed by atoms with E-state index in [0.29, 0.717) is 5.69 Å². The Morgan fingerprint density at radius 2 is 1.84 bits per heavy atom. The highest BCUT2D eigenvalue weighted by atomic mass is 32.1. The lowest BCUT2D eigenvalue weighted by molar-refractivity contribution is 0.632. The molecular weight excluding hydrogens is 259 g/mol. The second-order valence-corrected chi connectivity index (χ2v) is 5.59. The summed E-state index contributed by atoms with van der Waals surface area (Å²) in [4.78, 5) is 4.47. The van der Waals surface area contributed by atoms with E-state index in [-0.39, 0.29) is 5.82 Å². The summed E-state index contributed by atoms with van der Waals surface area (Å²) in [5.41, 5.74) is 3.33. The largest absolute Gasteiger partial charge is 0.386 e. The monoisotopic (exact) mass is 272 g/mol. The molecule has 0 radical (unpaired) electrons. The molecule has 1 N–H and O–H groups in total. The van der Waals surface area contributed by atoms with Crippen LogP contribution in [0.15, 0.2) is 36.4 Å². The minimum Gasteiger partial charge on any atom is -0.386 e. The lowest BCUT2D eigenvalue weighted by atomic mass is 10.0. The first kappa shape index (κ1) is 12.1. The van der Waals surface area contributed by atoms with Gasteiger partial charge in [-0.25, -0.2) is 9.37 Å². The van der Waals surface area contributed by atoms with Gasteiger partial charge in [0.1, 0.15) is 5.82 Å². The zero-order chi connectivity index (χ0) is 13.4. The topological polar surface area (TPSA) is 24.9 Å². The number of anilines is 1. The summed E-state index contributed by atoms with van der Waals surface area (Å²) in [7, 11) is 1.71. The zero-order valence-electron chi connectivity index (χ0n) is 10.7. The van der Waals surface area contributed by atoms with Crippen LogP contribution in [0.5, 0.6) is 0 Å². The Kier molecular flexibility index (Phi) is 2.95. The minimum absolute atomic E-state index is 0.241. The molecule has 19 heavy (non-hydrogen) atoms. The SMILES string of the molecule is CNc1ccc(-c2ccc3sc(C)nc3c2)cc1F. The number of fused-ring (bicyclic) bond motifs is 1. The minimum atomic E-state index is -0.241. The van der Waals surface area contributed by atoms with Crippen molar-refractivity contribution >= 4 is 27.2 Å². The van der Waals surface area contributed by atoms with Gasteiger partial charge < -0.3 is 5.32 Å². The van der Waals surface area contributed by atoms with Crippen LogP contribution in [0.25, 0.3) is 21.3 Å². The Labute approximate surface area is 114 Å². The molecule has 4 heteroatoms. The van der Waals surface area contributed by atoms with Gasteiger partial charge in [0.15, 0.2) is 0 Å². The number of nitrogens with zero attached hydrogens (tertiary/aromatic N) is 1. The summed E-state index contributed by atoms with van der Waals surface area (Å²) < 4.78 is 14.9. The maximum Gasteiger partial charge on any atom is 0.146 e. The lowest BCUT2D eigenvalue weighted by Gasteiger charge is -2.06. The molecule has 0 fully saturated rings. The van der Waals surface area contributed by atoms with Crippen LogP contribution >= 0.6 is 11.3 Å². The second kappa shape index (κ2) is 4.63. The highest BCUT2D eigenvalue weighted by Crippen LogP contribution is 2.29. The summed E-state index contributed by atoms with van der Waals surface area (Å²) in [5.74, 6) is -0.241. The van der Waals surface area contributed by atoms with Crippen molar-refractivity contribution in [3.63, 3.8) is 0 Å². The van der Waals surface area contributed by atoms with Crippen LogP contribution in [-0.4, -0.2) is 12.0 Å². The molecule has 0 aliphatic carbocycles. The van der Waals surface area contributed by atoms with E-state index in [1.165, 1.54) is 0 Å². The molecule has 96 valence electrons. The van der Waals surface area contributed by atoms with Crippen molar-refractivity contribution in [3.05, 3.63) is 47.2 Å². The van der Waals surface area contributed by atoms with Gasteiger partial charge in [-0.1, -0.05) is 12.1 Å². The zero-order valence-corrected chi connectivity index (χ0v) is 11.5. The van der Waals surface area contributed by atoms with Gasteiger partial charge in [-0.15, -0.1) is 11.3 Å². The lowest BCUT2D eigenvalue weighted by Crippen LogP contribution is -1.92. The van der Waals surface area contributed by atoms with E-state index in [9.17, 15) is 4.39 Å². The molecule has 1 aromatic heterocycles. The van der Waals surface area contributed by atoms with Crippen molar-refractivity contribution in [2.45, 2.75) is 6.92 Å². The standard InChI is InChI=1S/C15H13FN2S/c1-9-18-14-8-11(4-6-15(14)19-9)10-3-5-13(17-2)12(16)7-10/h3-8,17H,1-2H3. The van der Waals surface area contributed by atoms with E-state index < -0.39 is 0 Å². The number of aromatic nitrogens is 1. The highest BCUT2D eigenvalue weighted by Gasteiger charge is 2.06. The average Bonchev–Trinajstić information content (AvgIpc) is 2.77. The van der Waals surface area contributed by atoms with Gasteiger partial charge in [-0.3, -0.25) is 0 Å². The normalized spacial score (nSPS) is 10.9. The predicted molar refractivity (Wildman–Crippen MR) is 79.3 cm³/mol. The quantitative estimate of drug-likeness (QED) is 0.745. The predicted octanol–water partition coefficient (Wildman–Crippen LogP) is 4.45. The molecule has 2 nitrogen and oxygen atoms in total. The molecule has 3 rings (SSSR count).